The number of benzene rings is 1. The number of amides is 2. The fourth-order valence-electron chi connectivity index (χ4n) is 2.78. The number of carbonyl (C=O) groups is 2. The highest BCUT2D eigenvalue weighted by Crippen LogP contribution is 2.25. The molecule has 0 spiro atoms. The van der Waals surface area contributed by atoms with E-state index in [1.54, 1.807) is 19.3 Å². The molecule has 1 unspecified atom stereocenters. The van der Waals surface area contributed by atoms with Crippen LogP contribution in [-0.4, -0.2) is 44.1 Å². The third-order valence-corrected chi connectivity index (χ3v) is 4.32. The van der Waals surface area contributed by atoms with Gasteiger partial charge in [-0.05, 0) is 44.0 Å². The lowest BCUT2D eigenvalue weighted by Gasteiger charge is -2.28. The normalized spacial score (nSPS) is 16.4. The highest BCUT2D eigenvalue weighted by molar-refractivity contribution is 6.07. The van der Waals surface area contributed by atoms with Crippen LogP contribution in [0.2, 0.25) is 0 Å². The van der Waals surface area contributed by atoms with Crippen LogP contribution in [0, 0.1) is 13.8 Å². The molecule has 0 radical (unpaired) electrons. The molecule has 1 atom stereocenters. The Kier molecular flexibility index (Phi) is 10.6. The number of guanidine groups is 1. The molecule has 2 rings (SSSR count). The van der Waals surface area contributed by atoms with Crippen molar-refractivity contribution in [1.82, 2.24) is 16.0 Å². The molecule has 9 nitrogen and oxygen atoms in total. The number of anilines is 2. The Bertz CT molecular complexity index is 803. The molecule has 0 saturated carbocycles. The summed E-state index contributed by atoms with van der Waals surface area (Å²) in [6.07, 6.45) is 2.21. The summed E-state index contributed by atoms with van der Waals surface area (Å²) in [5.41, 5.74) is 8.90. The first-order valence-electron chi connectivity index (χ1n) is 10.2. The summed E-state index contributed by atoms with van der Waals surface area (Å²) < 4.78 is 0. The maximum atomic E-state index is 12.9. The topological polar surface area (TPSA) is 133 Å². The molecule has 0 aliphatic carbocycles. The van der Waals surface area contributed by atoms with E-state index in [-0.39, 0.29) is 24.5 Å². The quantitative estimate of drug-likeness (QED) is 0.399. The summed E-state index contributed by atoms with van der Waals surface area (Å²) in [5.74, 6) is 0.0399. The van der Waals surface area contributed by atoms with Gasteiger partial charge in [0.2, 0.25) is 5.91 Å². The lowest BCUT2D eigenvalue weighted by molar-refractivity contribution is -0.115. The van der Waals surface area contributed by atoms with Gasteiger partial charge in [-0.2, -0.15) is 0 Å². The molecule has 0 aromatic heterocycles. The number of hydrogen-bond acceptors (Lipinski definition) is 5. The molecule has 166 valence electrons. The number of nitrogens with zero attached hydrogens (tertiary/aromatic N) is 1. The van der Waals surface area contributed by atoms with Gasteiger partial charge < -0.3 is 27.0 Å². The molecule has 0 saturated heterocycles. The van der Waals surface area contributed by atoms with Crippen molar-refractivity contribution < 1.29 is 9.59 Å². The number of aliphatic imine (C=N–C) groups is 1. The Labute approximate surface area is 179 Å². The number of carbonyl (C=O) groups excluding carboxylic acids is 2. The molecule has 7 N–H and O–H groups in total. The second-order valence-corrected chi connectivity index (χ2v) is 6.54. The van der Waals surface area contributed by atoms with Crippen LogP contribution < -0.4 is 32.3 Å². The van der Waals surface area contributed by atoms with Crippen LogP contribution in [0.1, 0.15) is 38.3 Å². The first-order valence-corrected chi connectivity index (χ1v) is 10.2. The van der Waals surface area contributed by atoms with Crippen molar-refractivity contribution in [3.8, 4) is 0 Å². The first-order chi connectivity index (χ1) is 14.4. The number of aryl methyl sites for hydroxylation is 2. The summed E-state index contributed by atoms with van der Waals surface area (Å²) in [7, 11) is 1.66. The van der Waals surface area contributed by atoms with Crippen molar-refractivity contribution in [2.75, 3.05) is 30.8 Å². The van der Waals surface area contributed by atoms with E-state index >= 15 is 0 Å². The van der Waals surface area contributed by atoms with Crippen molar-refractivity contribution in [1.29, 1.82) is 0 Å². The van der Waals surface area contributed by atoms with E-state index in [0.717, 1.165) is 24.1 Å². The SMILES string of the molecule is CC.CCCNC1NC(=NC)NC=C1C(=O)Nc1cc(NC(=O)CN)c(C)cc1C. The van der Waals surface area contributed by atoms with Crippen LogP contribution in [0.3, 0.4) is 0 Å². The molecular weight excluding hydrogens is 382 g/mol. The van der Waals surface area contributed by atoms with Gasteiger partial charge in [0.15, 0.2) is 5.96 Å². The summed E-state index contributed by atoms with van der Waals surface area (Å²) >= 11 is 0. The highest BCUT2D eigenvalue weighted by Gasteiger charge is 2.25. The third-order valence-electron chi connectivity index (χ3n) is 4.32. The summed E-state index contributed by atoms with van der Waals surface area (Å²) in [6.45, 7) is 10.5. The van der Waals surface area contributed by atoms with Crippen LogP contribution in [0.15, 0.2) is 28.9 Å². The Morgan fingerprint density at radius 2 is 1.77 bits per heavy atom. The highest BCUT2D eigenvalue weighted by atomic mass is 16.2. The van der Waals surface area contributed by atoms with Crippen molar-refractivity contribution in [2.24, 2.45) is 10.7 Å². The van der Waals surface area contributed by atoms with E-state index in [0.29, 0.717) is 22.9 Å². The second-order valence-electron chi connectivity index (χ2n) is 6.54. The molecule has 1 aromatic rings. The van der Waals surface area contributed by atoms with E-state index in [2.05, 4.69) is 38.5 Å². The number of hydrogen-bond donors (Lipinski definition) is 6. The molecule has 1 aromatic carbocycles. The monoisotopic (exact) mass is 417 g/mol. The van der Waals surface area contributed by atoms with E-state index < -0.39 is 0 Å². The Balaban J connectivity index is 0.00000218. The fourth-order valence-corrected chi connectivity index (χ4v) is 2.78. The van der Waals surface area contributed by atoms with E-state index in [1.807, 2.05) is 33.8 Å². The van der Waals surface area contributed by atoms with Gasteiger partial charge in [0.05, 0.1) is 12.1 Å². The maximum absolute atomic E-state index is 12.9. The van der Waals surface area contributed by atoms with E-state index in [1.165, 1.54) is 0 Å². The molecule has 1 aliphatic rings. The average molecular weight is 418 g/mol. The predicted molar refractivity (Wildman–Crippen MR) is 123 cm³/mol. The minimum atomic E-state index is -0.359. The summed E-state index contributed by atoms with van der Waals surface area (Å²) in [5, 5.41) is 15.1. The maximum Gasteiger partial charge on any atom is 0.256 e. The van der Waals surface area contributed by atoms with E-state index in [4.69, 9.17) is 5.73 Å². The zero-order valence-corrected chi connectivity index (χ0v) is 18.8. The van der Waals surface area contributed by atoms with Crippen LogP contribution in [-0.2, 0) is 9.59 Å². The van der Waals surface area contributed by atoms with Crippen LogP contribution in [0.5, 0.6) is 0 Å². The van der Waals surface area contributed by atoms with Crippen molar-refractivity contribution >= 4 is 29.1 Å². The zero-order valence-electron chi connectivity index (χ0n) is 18.8. The average Bonchev–Trinajstić information content (AvgIpc) is 2.76. The minimum absolute atomic E-state index is 0.106. The molecule has 9 heteroatoms. The summed E-state index contributed by atoms with van der Waals surface area (Å²) in [4.78, 5) is 28.6. The smallest absolute Gasteiger partial charge is 0.256 e. The lowest BCUT2D eigenvalue weighted by atomic mass is 10.1. The van der Waals surface area contributed by atoms with E-state index in [9.17, 15) is 9.59 Å². The van der Waals surface area contributed by atoms with Crippen LogP contribution in [0.4, 0.5) is 11.4 Å². The van der Waals surface area contributed by atoms with Gasteiger partial charge in [0, 0.05) is 24.6 Å². The minimum Gasteiger partial charge on any atom is -0.336 e. The first kappa shape index (κ1) is 25.1. The van der Waals surface area contributed by atoms with Gasteiger partial charge in [-0.3, -0.25) is 19.9 Å². The largest absolute Gasteiger partial charge is 0.336 e. The molecule has 2 amide bonds. The van der Waals surface area contributed by atoms with Gasteiger partial charge in [0.25, 0.3) is 5.91 Å². The van der Waals surface area contributed by atoms with Gasteiger partial charge in [-0.1, -0.05) is 26.8 Å². The van der Waals surface area contributed by atoms with Gasteiger partial charge >= 0.3 is 0 Å². The molecule has 1 heterocycles. The molecule has 0 bridgehead atoms. The second kappa shape index (κ2) is 12.6. The standard InChI is InChI=1S/C19H29N7O2.C2H6/c1-5-6-22-17-13(10-23-19(21-4)26-17)18(28)25-15-8-14(24-16(27)9-20)11(2)7-12(15)3;1-2/h7-8,10,17,22H,5-6,9,20H2,1-4H3,(H,24,27)(H,25,28)(H2,21,23,26);1-2H3. The number of nitrogens with one attached hydrogen (secondary N) is 5. The Hall–Kier alpha value is -2.91. The molecule has 1 aliphatic heterocycles. The van der Waals surface area contributed by atoms with Gasteiger partial charge in [-0.15, -0.1) is 0 Å². The van der Waals surface area contributed by atoms with Crippen LogP contribution >= 0.6 is 0 Å². The van der Waals surface area contributed by atoms with Gasteiger partial charge in [-0.25, -0.2) is 0 Å². The molecular formula is C21H35N7O2. The Morgan fingerprint density at radius 3 is 2.33 bits per heavy atom. The van der Waals surface area contributed by atoms with Crippen molar-refractivity contribution in [3.63, 3.8) is 0 Å². The zero-order chi connectivity index (χ0) is 22.7. The van der Waals surface area contributed by atoms with Gasteiger partial charge in [0.1, 0.15) is 6.17 Å². The number of nitrogens with two attached hydrogens (primary N) is 1. The number of rotatable bonds is 7. The molecule has 0 fully saturated rings. The van der Waals surface area contributed by atoms with Crippen LogP contribution in [0.25, 0.3) is 0 Å². The van der Waals surface area contributed by atoms with Crippen molar-refractivity contribution in [2.45, 2.75) is 47.2 Å². The molecule has 30 heavy (non-hydrogen) atoms. The van der Waals surface area contributed by atoms with Crippen molar-refractivity contribution in [3.05, 3.63) is 35.0 Å². The Morgan fingerprint density at radius 1 is 1.13 bits per heavy atom. The predicted octanol–water partition coefficient (Wildman–Crippen LogP) is 1.55. The fraction of sp³-hybridized carbons (Fsp3) is 0.476. The lowest BCUT2D eigenvalue weighted by Crippen LogP contribution is -2.55. The third kappa shape index (κ3) is 6.85. The summed E-state index contributed by atoms with van der Waals surface area (Å²) in [6, 6.07) is 3.65.